The van der Waals surface area contributed by atoms with E-state index in [1.165, 1.54) is 33.3 Å². The van der Waals surface area contributed by atoms with Crippen molar-refractivity contribution in [3.8, 4) is 5.75 Å². The quantitative estimate of drug-likeness (QED) is 0.671. The number of carbonyl (C=O) groups excluding carboxylic acids is 1. The van der Waals surface area contributed by atoms with Gasteiger partial charge < -0.3 is 9.30 Å². The molecule has 6 heteroatoms. The van der Waals surface area contributed by atoms with Crippen LogP contribution in [0.15, 0.2) is 46.6 Å². The zero-order valence-electron chi connectivity index (χ0n) is 13.2. The number of methoxy groups -OCH3 is 1. The lowest BCUT2D eigenvalue weighted by atomic mass is 10.2. The number of Topliss-reactive ketones (excluding diaryl/α,β-unsaturated/α-hetero) is 1. The fourth-order valence-corrected chi connectivity index (χ4v) is 3.89. The molecule has 0 saturated carbocycles. The molecule has 0 amide bonds. The van der Waals surface area contributed by atoms with Crippen LogP contribution in [0.5, 0.6) is 5.75 Å². The summed E-state index contributed by atoms with van der Waals surface area (Å²) in [6.45, 7) is 0. The predicted octanol–water partition coefficient (Wildman–Crippen LogP) is 2.01. The van der Waals surface area contributed by atoms with Crippen molar-refractivity contribution in [3.05, 3.63) is 71.8 Å². The van der Waals surface area contributed by atoms with Crippen LogP contribution in [0.3, 0.4) is 0 Å². The van der Waals surface area contributed by atoms with Crippen LogP contribution in [0.25, 0.3) is 12.2 Å². The summed E-state index contributed by atoms with van der Waals surface area (Å²) in [5, 5.41) is 1.86. The third kappa shape index (κ3) is 3.25. The van der Waals surface area contributed by atoms with Crippen LogP contribution in [-0.4, -0.2) is 17.5 Å². The van der Waals surface area contributed by atoms with E-state index in [0.29, 0.717) is 19.8 Å². The minimum atomic E-state index is -0.129. The van der Waals surface area contributed by atoms with Gasteiger partial charge in [-0.1, -0.05) is 24.3 Å². The molecule has 24 heavy (non-hydrogen) atoms. The van der Waals surface area contributed by atoms with Crippen molar-refractivity contribution in [3.63, 3.8) is 0 Å². The van der Waals surface area contributed by atoms with Crippen molar-refractivity contribution < 1.29 is 9.53 Å². The molecule has 0 aliphatic carbocycles. The molecule has 0 radical (unpaired) electrons. The summed E-state index contributed by atoms with van der Waals surface area (Å²) in [5.41, 5.74) is 0.700. The van der Waals surface area contributed by atoms with Crippen LogP contribution in [0.4, 0.5) is 0 Å². The molecule has 0 spiro atoms. The summed E-state index contributed by atoms with van der Waals surface area (Å²) in [7, 11) is 3.27. The number of ether oxygens (including phenoxy) is 1. The largest absolute Gasteiger partial charge is 0.496 e. The minimum Gasteiger partial charge on any atom is -0.496 e. The van der Waals surface area contributed by atoms with Crippen molar-refractivity contribution in [2.75, 3.05) is 7.11 Å². The van der Waals surface area contributed by atoms with Gasteiger partial charge in [-0.25, -0.2) is 0 Å². The van der Waals surface area contributed by atoms with Crippen LogP contribution in [0.2, 0.25) is 0 Å². The zero-order valence-corrected chi connectivity index (χ0v) is 14.8. The van der Waals surface area contributed by atoms with Gasteiger partial charge in [0.05, 0.1) is 16.5 Å². The second-order valence-corrected chi connectivity index (χ2v) is 7.05. The van der Waals surface area contributed by atoms with Crippen molar-refractivity contribution in [1.82, 2.24) is 4.57 Å². The molecule has 0 aliphatic heterocycles. The maximum atomic E-state index is 12.4. The summed E-state index contributed by atoms with van der Waals surface area (Å²) in [5.74, 6) is 0.610. The lowest BCUT2D eigenvalue weighted by molar-refractivity contribution is 0.106. The Balaban J connectivity index is 2.11. The fourth-order valence-electron chi connectivity index (χ4n) is 2.24. The molecular formula is C18H15NO3S2. The van der Waals surface area contributed by atoms with Gasteiger partial charge in [0.1, 0.15) is 10.4 Å². The highest BCUT2D eigenvalue weighted by atomic mass is 32.1. The number of carbonyl (C=O) groups is 1. The monoisotopic (exact) mass is 357 g/mol. The van der Waals surface area contributed by atoms with Gasteiger partial charge in [0, 0.05) is 18.7 Å². The molecule has 122 valence electrons. The molecule has 0 bridgehead atoms. The van der Waals surface area contributed by atoms with Gasteiger partial charge in [-0.2, -0.15) is 0 Å². The first-order valence-corrected chi connectivity index (χ1v) is 8.90. The van der Waals surface area contributed by atoms with E-state index in [4.69, 9.17) is 4.74 Å². The van der Waals surface area contributed by atoms with Gasteiger partial charge in [0.2, 0.25) is 0 Å². The van der Waals surface area contributed by atoms with Crippen LogP contribution in [0, 0.1) is 0 Å². The van der Waals surface area contributed by atoms with Crippen molar-refractivity contribution >= 4 is 40.6 Å². The van der Waals surface area contributed by atoms with Gasteiger partial charge in [0.25, 0.3) is 5.56 Å². The maximum absolute atomic E-state index is 12.4. The topological polar surface area (TPSA) is 48.3 Å². The molecule has 0 unspecified atom stereocenters. The molecule has 0 fully saturated rings. The molecule has 2 aromatic heterocycles. The molecular weight excluding hydrogens is 342 g/mol. The van der Waals surface area contributed by atoms with Gasteiger partial charge in [-0.15, -0.1) is 22.7 Å². The number of rotatable bonds is 4. The first kappa shape index (κ1) is 16.4. The number of hydrogen-bond acceptors (Lipinski definition) is 5. The Kier molecular flexibility index (Phi) is 4.78. The summed E-state index contributed by atoms with van der Waals surface area (Å²) in [6.07, 6.45) is 3.30. The number of thiophene rings is 1. The third-order valence-electron chi connectivity index (χ3n) is 3.50. The van der Waals surface area contributed by atoms with E-state index >= 15 is 0 Å². The molecule has 0 saturated heterocycles. The highest BCUT2D eigenvalue weighted by Gasteiger charge is 2.07. The molecule has 3 aromatic rings. The summed E-state index contributed by atoms with van der Waals surface area (Å²) in [6, 6.07) is 11.1. The standard InChI is InChI=1S/C18H15NO3S2/c1-19-17(11-13(20)15-8-5-9-23-15)24-16(18(19)21)10-12-6-3-4-7-14(12)22-2/h3-11H,1-2H3/b16-10-,17-11-. The Morgan fingerprint density at radius 2 is 2.00 bits per heavy atom. The Labute approximate surface area is 146 Å². The second kappa shape index (κ2) is 6.98. The summed E-state index contributed by atoms with van der Waals surface area (Å²) < 4.78 is 8.00. The molecule has 1 aromatic carbocycles. The molecule has 0 aliphatic rings. The van der Waals surface area contributed by atoms with Gasteiger partial charge >= 0.3 is 0 Å². The Morgan fingerprint density at radius 3 is 2.71 bits per heavy atom. The fraction of sp³-hybridized carbons (Fsp3) is 0.111. The number of ketones is 1. The van der Waals surface area contributed by atoms with Crippen LogP contribution >= 0.6 is 22.7 Å². The average Bonchev–Trinajstić information content (AvgIpc) is 3.21. The zero-order chi connectivity index (χ0) is 17.1. The van der Waals surface area contributed by atoms with Crippen LogP contribution in [0.1, 0.15) is 15.2 Å². The van der Waals surface area contributed by atoms with E-state index in [1.807, 2.05) is 35.7 Å². The summed E-state index contributed by atoms with van der Waals surface area (Å²) in [4.78, 5) is 25.3. The minimum absolute atomic E-state index is 0.0920. The van der Waals surface area contributed by atoms with E-state index in [0.717, 1.165) is 5.56 Å². The maximum Gasteiger partial charge on any atom is 0.268 e. The number of benzene rings is 1. The van der Waals surface area contributed by atoms with E-state index < -0.39 is 0 Å². The van der Waals surface area contributed by atoms with Crippen molar-refractivity contribution in [1.29, 1.82) is 0 Å². The highest BCUT2D eigenvalue weighted by Crippen LogP contribution is 2.17. The van der Waals surface area contributed by atoms with E-state index in [1.54, 1.807) is 26.3 Å². The van der Waals surface area contributed by atoms with E-state index in [2.05, 4.69) is 0 Å². The molecule has 3 rings (SSSR count). The van der Waals surface area contributed by atoms with Gasteiger partial charge in [-0.3, -0.25) is 9.59 Å². The number of para-hydroxylation sites is 1. The Hall–Kier alpha value is -2.44. The molecule has 4 nitrogen and oxygen atoms in total. The van der Waals surface area contributed by atoms with Crippen LogP contribution in [-0.2, 0) is 7.05 Å². The lowest BCUT2D eigenvalue weighted by Crippen LogP contribution is -2.29. The van der Waals surface area contributed by atoms with Crippen molar-refractivity contribution in [2.24, 2.45) is 7.05 Å². The Bertz CT molecular complexity index is 1040. The average molecular weight is 357 g/mol. The second-order valence-electron chi connectivity index (χ2n) is 5.04. The number of hydrogen-bond donors (Lipinski definition) is 0. The number of aromatic nitrogens is 1. The summed E-state index contributed by atoms with van der Waals surface area (Å²) >= 11 is 2.68. The van der Waals surface area contributed by atoms with Crippen LogP contribution < -0.4 is 19.5 Å². The molecule has 2 heterocycles. The Morgan fingerprint density at radius 1 is 1.21 bits per heavy atom. The number of nitrogens with zero attached hydrogens (tertiary/aromatic N) is 1. The SMILES string of the molecule is COc1ccccc1/C=c1\s/c(=C\C(=O)c2cccs2)n(C)c1=O. The predicted molar refractivity (Wildman–Crippen MR) is 98.5 cm³/mol. The first-order chi connectivity index (χ1) is 11.6. The number of thiazole rings is 1. The van der Waals surface area contributed by atoms with E-state index in [-0.39, 0.29) is 11.3 Å². The lowest BCUT2D eigenvalue weighted by Gasteiger charge is -2.02. The first-order valence-electron chi connectivity index (χ1n) is 7.20. The van der Waals surface area contributed by atoms with Gasteiger partial charge in [-0.05, 0) is 23.6 Å². The van der Waals surface area contributed by atoms with Crippen molar-refractivity contribution in [2.45, 2.75) is 0 Å². The molecule has 0 atom stereocenters. The smallest absolute Gasteiger partial charge is 0.268 e. The van der Waals surface area contributed by atoms with Gasteiger partial charge in [0.15, 0.2) is 5.78 Å². The van der Waals surface area contributed by atoms with E-state index in [9.17, 15) is 9.59 Å². The normalized spacial score (nSPS) is 12.6. The molecule has 0 N–H and O–H groups in total. The third-order valence-corrected chi connectivity index (χ3v) is 5.50. The highest BCUT2D eigenvalue weighted by molar-refractivity contribution is 7.12.